The van der Waals surface area contributed by atoms with E-state index in [9.17, 15) is 9.59 Å². The number of rotatable bonds is 2. The number of fused-ring (bicyclic) bond motifs is 1. The monoisotopic (exact) mass is 292 g/mol. The van der Waals surface area contributed by atoms with Gasteiger partial charge >= 0.3 is 5.97 Å². The Hall–Kier alpha value is -2.68. The molecule has 0 heterocycles. The zero-order valence-electron chi connectivity index (χ0n) is 12.6. The van der Waals surface area contributed by atoms with Crippen LogP contribution in [-0.2, 0) is 14.3 Å². The van der Waals surface area contributed by atoms with E-state index in [0.717, 1.165) is 21.9 Å². The molecule has 0 aromatic heterocycles. The third kappa shape index (κ3) is 2.70. The molecular formula is C19H16O3. The zero-order chi connectivity index (χ0) is 15.7. The average Bonchev–Trinajstić information content (AvgIpc) is 2.74. The first kappa shape index (κ1) is 14.3. The molecule has 1 aliphatic rings. The molecule has 0 bridgehead atoms. The van der Waals surface area contributed by atoms with Crippen LogP contribution < -0.4 is 0 Å². The molecular weight excluding hydrogens is 276 g/mol. The van der Waals surface area contributed by atoms with Gasteiger partial charge in [0.05, 0.1) is 5.57 Å². The van der Waals surface area contributed by atoms with E-state index in [1.807, 2.05) is 49.4 Å². The van der Waals surface area contributed by atoms with E-state index in [1.54, 1.807) is 6.08 Å². The number of carbonyl (C=O) groups is 2. The molecule has 0 fully saturated rings. The van der Waals surface area contributed by atoms with E-state index < -0.39 is 5.97 Å². The molecule has 0 saturated heterocycles. The number of ketones is 1. The first-order chi connectivity index (χ1) is 10.5. The maximum absolute atomic E-state index is 12.1. The number of benzene rings is 2. The molecule has 3 nitrogen and oxygen atoms in total. The van der Waals surface area contributed by atoms with Crippen molar-refractivity contribution in [3.05, 3.63) is 64.9 Å². The lowest BCUT2D eigenvalue weighted by atomic mass is 10.0. The Balaban J connectivity index is 2.04. The summed E-state index contributed by atoms with van der Waals surface area (Å²) in [6.45, 7) is 3.16. The maximum Gasteiger partial charge on any atom is 0.308 e. The van der Waals surface area contributed by atoms with Crippen molar-refractivity contribution in [3.63, 3.8) is 0 Å². The highest BCUT2D eigenvalue weighted by atomic mass is 16.5. The van der Waals surface area contributed by atoms with E-state index >= 15 is 0 Å². The van der Waals surface area contributed by atoms with Crippen molar-refractivity contribution in [2.45, 2.75) is 20.3 Å². The number of Topliss-reactive ketones (excluding diaryl/α,β-unsaturated/α-hetero) is 1. The molecule has 2 aromatic rings. The highest BCUT2D eigenvalue weighted by Gasteiger charge is 2.27. The minimum atomic E-state index is -0.409. The number of allylic oxidation sites excluding steroid dienone is 2. The van der Waals surface area contributed by atoms with Crippen LogP contribution in [0, 0.1) is 0 Å². The van der Waals surface area contributed by atoms with Gasteiger partial charge in [-0.25, -0.2) is 0 Å². The molecule has 0 saturated carbocycles. The van der Waals surface area contributed by atoms with E-state index in [0.29, 0.717) is 17.8 Å². The predicted molar refractivity (Wildman–Crippen MR) is 86.0 cm³/mol. The lowest BCUT2D eigenvalue weighted by Gasteiger charge is -2.06. The van der Waals surface area contributed by atoms with Crippen molar-refractivity contribution in [2.24, 2.45) is 0 Å². The Kier molecular flexibility index (Phi) is 3.63. The van der Waals surface area contributed by atoms with Gasteiger partial charge in [0, 0.05) is 13.3 Å². The van der Waals surface area contributed by atoms with Crippen molar-refractivity contribution >= 4 is 28.6 Å². The van der Waals surface area contributed by atoms with Gasteiger partial charge in [-0.3, -0.25) is 9.59 Å². The van der Waals surface area contributed by atoms with Crippen molar-refractivity contribution in [2.75, 3.05) is 0 Å². The SMILES string of the molecule is CC(=O)OC1=C(C)CC(=O)/C1=C/c1ccc2ccccc2c1. The number of hydrogen-bond acceptors (Lipinski definition) is 3. The number of esters is 1. The highest BCUT2D eigenvalue weighted by molar-refractivity contribution is 6.08. The Bertz CT molecular complexity index is 841. The standard InChI is InChI=1S/C19H16O3/c1-12-9-18(21)17(19(12)22-13(2)20)11-14-7-8-15-5-3-4-6-16(15)10-14/h3-8,10-11H,9H2,1-2H3/b17-11-. The van der Waals surface area contributed by atoms with Gasteiger partial charge in [-0.2, -0.15) is 0 Å². The minimum Gasteiger partial charge on any atom is -0.426 e. The molecule has 0 N–H and O–H groups in total. The van der Waals surface area contributed by atoms with Gasteiger partial charge in [0.25, 0.3) is 0 Å². The van der Waals surface area contributed by atoms with Crippen LogP contribution in [0.4, 0.5) is 0 Å². The predicted octanol–water partition coefficient (Wildman–Crippen LogP) is 4.03. The first-order valence-electron chi connectivity index (χ1n) is 7.17. The van der Waals surface area contributed by atoms with E-state index in [1.165, 1.54) is 6.92 Å². The van der Waals surface area contributed by atoms with Gasteiger partial charge in [0.15, 0.2) is 5.78 Å². The summed E-state index contributed by atoms with van der Waals surface area (Å²) < 4.78 is 5.22. The van der Waals surface area contributed by atoms with Crippen molar-refractivity contribution < 1.29 is 14.3 Å². The molecule has 3 heteroatoms. The largest absolute Gasteiger partial charge is 0.426 e. The van der Waals surface area contributed by atoms with E-state index in [2.05, 4.69) is 0 Å². The normalized spacial score (nSPS) is 16.6. The molecule has 0 spiro atoms. The fourth-order valence-corrected chi connectivity index (χ4v) is 2.67. The number of hydrogen-bond donors (Lipinski definition) is 0. The average molecular weight is 292 g/mol. The van der Waals surface area contributed by atoms with E-state index in [-0.39, 0.29) is 5.78 Å². The summed E-state index contributed by atoms with van der Waals surface area (Å²) in [4.78, 5) is 23.4. The summed E-state index contributed by atoms with van der Waals surface area (Å²) in [7, 11) is 0. The maximum atomic E-state index is 12.1. The summed E-state index contributed by atoms with van der Waals surface area (Å²) in [5.74, 6) is -0.0129. The van der Waals surface area contributed by atoms with Gasteiger partial charge < -0.3 is 4.74 Å². The van der Waals surface area contributed by atoms with Crippen LogP contribution in [0.25, 0.3) is 16.8 Å². The zero-order valence-corrected chi connectivity index (χ0v) is 12.6. The van der Waals surface area contributed by atoms with Crippen LogP contribution in [0.15, 0.2) is 59.4 Å². The fourth-order valence-electron chi connectivity index (χ4n) is 2.67. The quantitative estimate of drug-likeness (QED) is 0.620. The van der Waals surface area contributed by atoms with Crippen molar-refractivity contribution in [1.82, 2.24) is 0 Å². The van der Waals surface area contributed by atoms with Gasteiger partial charge in [-0.1, -0.05) is 36.4 Å². The molecule has 2 aromatic carbocycles. The lowest BCUT2D eigenvalue weighted by Crippen LogP contribution is -2.03. The first-order valence-corrected chi connectivity index (χ1v) is 7.17. The van der Waals surface area contributed by atoms with Crippen LogP contribution >= 0.6 is 0 Å². The smallest absolute Gasteiger partial charge is 0.308 e. The fraction of sp³-hybridized carbons (Fsp3) is 0.158. The van der Waals surface area contributed by atoms with Gasteiger partial charge in [0.1, 0.15) is 5.76 Å². The van der Waals surface area contributed by atoms with Crippen LogP contribution in [0.3, 0.4) is 0 Å². The summed E-state index contributed by atoms with van der Waals surface area (Å²) >= 11 is 0. The molecule has 3 rings (SSSR count). The van der Waals surface area contributed by atoms with E-state index in [4.69, 9.17) is 4.74 Å². The van der Waals surface area contributed by atoms with Gasteiger partial charge in [-0.05, 0) is 41.0 Å². The molecule has 22 heavy (non-hydrogen) atoms. The second kappa shape index (κ2) is 5.60. The Labute approximate surface area is 128 Å². The van der Waals surface area contributed by atoms with Crippen LogP contribution in [0.2, 0.25) is 0 Å². The van der Waals surface area contributed by atoms with Gasteiger partial charge in [0.2, 0.25) is 0 Å². The van der Waals surface area contributed by atoms with Crippen LogP contribution in [-0.4, -0.2) is 11.8 Å². The van der Waals surface area contributed by atoms with Crippen molar-refractivity contribution in [1.29, 1.82) is 0 Å². The van der Waals surface area contributed by atoms with Crippen molar-refractivity contribution in [3.8, 4) is 0 Å². The van der Waals surface area contributed by atoms with Crippen LogP contribution in [0.1, 0.15) is 25.8 Å². The van der Waals surface area contributed by atoms with Crippen LogP contribution in [0.5, 0.6) is 0 Å². The second-order valence-electron chi connectivity index (χ2n) is 5.47. The second-order valence-corrected chi connectivity index (χ2v) is 5.47. The minimum absolute atomic E-state index is 0.0121. The Morgan fingerprint density at radius 3 is 2.59 bits per heavy atom. The number of ether oxygens (including phenoxy) is 1. The summed E-state index contributed by atoms with van der Waals surface area (Å²) in [5, 5.41) is 2.26. The third-order valence-corrected chi connectivity index (χ3v) is 3.69. The highest BCUT2D eigenvalue weighted by Crippen LogP contribution is 2.31. The lowest BCUT2D eigenvalue weighted by molar-refractivity contribution is -0.136. The molecule has 0 aliphatic heterocycles. The summed E-state index contributed by atoms with van der Waals surface area (Å²) in [6, 6.07) is 14.0. The molecule has 0 unspecified atom stereocenters. The molecule has 0 amide bonds. The summed E-state index contributed by atoms with van der Waals surface area (Å²) in [5.41, 5.74) is 2.19. The molecule has 0 radical (unpaired) electrons. The topological polar surface area (TPSA) is 43.4 Å². The van der Waals surface area contributed by atoms with Gasteiger partial charge in [-0.15, -0.1) is 0 Å². The Morgan fingerprint density at radius 2 is 1.86 bits per heavy atom. The number of carbonyl (C=O) groups excluding carboxylic acids is 2. The molecule has 1 aliphatic carbocycles. The molecule has 110 valence electrons. The third-order valence-electron chi connectivity index (χ3n) is 3.69. The summed E-state index contributed by atoms with van der Waals surface area (Å²) in [6.07, 6.45) is 2.10. The Morgan fingerprint density at radius 1 is 1.14 bits per heavy atom. The molecule has 0 atom stereocenters.